The molecule has 1 fully saturated rings. The summed E-state index contributed by atoms with van der Waals surface area (Å²) in [5.74, 6) is 0.369. The van der Waals surface area contributed by atoms with E-state index in [1.165, 1.54) is 11.1 Å². The molecule has 2 aliphatic rings. The van der Waals surface area contributed by atoms with Crippen molar-refractivity contribution in [2.24, 2.45) is 5.73 Å². The lowest BCUT2D eigenvalue weighted by Gasteiger charge is -2.32. The van der Waals surface area contributed by atoms with E-state index in [4.69, 9.17) is 5.73 Å². The zero-order valence-electron chi connectivity index (χ0n) is 9.63. The topological polar surface area (TPSA) is 46.3 Å². The number of fused-ring (bicyclic) bond motifs is 1. The molecule has 1 aliphatic heterocycles. The molecule has 3 rings (SSSR count). The summed E-state index contributed by atoms with van der Waals surface area (Å²) in [6, 6.07) is 8.39. The number of benzene rings is 1. The highest BCUT2D eigenvalue weighted by Gasteiger charge is 2.36. The zero-order valence-corrected chi connectivity index (χ0v) is 10.5. The van der Waals surface area contributed by atoms with E-state index in [-0.39, 0.29) is 30.3 Å². The molecule has 1 amide bonds. The molecule has 1 unspecified atom stereocenters. The number of nitrogens with two attached hydrogens (primary N) is 1. The van der Waals surface area contributed by atoms with Crippen LogP contribution in [0.1, 0.15) is 23.5 Å². The third kappa shape index (κ3) is 2.05. The molecular weight excluding hydrogens is 236 g/mol. The van der Waals surface area contributed by atoms with Crippen LogP contribution in [0.15, 0.2) is 24.3 Å². The van der Waals surface area contributed by atoms with E-state index in [0.29, 0.717) is 0 Å². The monoisotopic (exact) mass is 252 g/mol. The summed E-state index contributed by atoms with van der Waals surface area (Å²) in [6.45, 7) is 1.57. The maximum absolute atomic E-state index is 12.2. The molecule has 2 N–H and O–H groups in total. The first-order valence-electron chi connectivity index (χ1n) is 5.88. The van der Waals surface area contributed by atoms with E-state index in [0.717, 1.165) is 25.9 Å². The molecular formula is C13H17ClN2O. The van der Waals surface area contributed by atoms with Gasteiger partial charge in [-0.2, -0.15) is 0 Å². The maximum atomic E-state index is 12.2. The number of hydrogen-bond donors (Lipinski definition) is 1. The second kappa shape index (κ2) is 4.67. The van der Waals surface area contributed by atoms with Crippen LogP contribution in [0.2, 0.25) is 0 Å². The summed E-state index contributed by atoms with van der Waals surface area (Å²) in [6.07, 6.45) is 1.85. The highest BCUT2D eigenvalue weighted by Crippen LogP contribution is 2.36. The van der Waals surface area contributed by atoms with Gasteiger partial charge in [-0.15, -0.1) is 12.4 Å². The quantitative estimate of drug-likeness (QED) is 0.819. The Labute approximate surface area is 107 Å². The van der Waals surface area contributed by atoms with Gasteiger partial charge in [-0.1, -0.05) is 24.3 Å². The van der Waals surface area contributed by atoms with Gasteiger partial charge in [0.15, 0.2) is 0 Å². The van der Waals surface area contributed by atoms with Gasteiger partial charge in [0.2, 0.25) is 5.91 Å². The lowest BCUT2D eigenvalue weighted by molar-refractivity contribution is -0.132. The molecule has 0 aromatic heterocycles. The first kappa shape index (κ1) is 12.4. The normalized spacial score (nSPS) is 25.8. The molecule has 1 heterocycles. The van der Waals surface area contributed by atoms with Crippen molar-refractivity contribution in [3.05, 3.63) is 35.4 Å². The molecule has 92 valence electrons. The predicted octanol–water partition coefficient (Wildman–Crippen LogP) is 1.31. The molecule has 0 radical (unpaired) electrons. The lowest BCUT2D eigenvalue weighted by Crippen LogP contribution is -2.39. The summed E-state index contributed by atoms with van der Waals surface area (Å²) >= 11 is 0. The van der Waals surface area contributed by atoms with Crippen molar-refractivity contribution in [3.63, 3.8) is 0 Å². The summed E-state index contributed by atoms with van der Waals surface area (Å²) in [4.78, 5) is 14.1. The van der Waals surface area contributed by atoms with E-state index in [1.807, 2.05) is 17.0 Å². The average Bonchev–Trinajstić information content (AvgIpc) is 2.67. The van der Waals surface area contributed by atoms with Crippen molar-refractivity contribution >= 4 is 18.3 Å². The number of likely N-dealkylation sites (tertiary alicyclic amines) is 1. The standard InChI is InChI=1S/C13H16N2O.ClH/c14-10-5-6-15(8-10)13(16)12-7-9-3-1-2-4-11(9)12;/h1-4,10,12H,5-8,14H2;1H/t10-,12?;/m1./s1. The number of amides is 1. The number of hydrogen-bond acceptors (Lipinski definition) is 2. The Balaban J connectivity index is 0.00000108. The van der Waals surface area contributed by atoms with Gasteiger partial charge in [0, 0.05) is 19.1 Å². The molecule has 0 spiro atoms. The third-order valence-electron chi connectivity index (χ3n) is 3.69. The minimum absolute atomic E-state index is 0. The predicted molar refractivity (Wildman–Crippen MR) is 69.3 cm³/mol. The molecule has 3 nitrogen and oxygen atoms in total. The molecule has 0 saturated carbocycles. The third-order valence-corrected chi connectivity index (χ3v) is 3.69. The average molecular weight is 253 g/mol. The van der Waals surface area contributed by atoms with Gasteiger partial charge in [-0.25, -0.2) is 0 Å². The molecule has 1 saturated heterocycles. The molecule has 1 aromatic rings. The fraction of sp³-hybridized carbons (Fsp3) is 0.462. The summed E-state index contributed by atoms with van der Waals surface area (Å²) in [5.41, 5.74) is 8.36. The van der Waals surface area contributed by atoms with Gasteiger partial charge in [0.25, 0.3) is 0 Å². The van der Waals surface area contributed by atoms with E-state index in [2.05, 4.69) is 12.1 Å². The van der Waals surface area contributed by atoms with E-state index < -0.39 is 0 Å². The Morgan fingerprint density at radius 2 is 2.12 bits per heavy atom. The van der Waals surface area contributed by atoms with Crippen LogP contribution >= 0.6 is 12.4 Å². The van der Waals surface area contributed by atoms with Gasteiger partial charge in [-0.3, -0.25) is 4.79 Å². The number of rotatable bonds is 1. The fourth-order valence-electron chi connectivity index (χ4n) is 2.69. The second-order valence-electron chi connectivity index (χ2n) is 4.79. The van der Waals surface area contributed by atoms with Crippen LogP contribution in [-0.4, -0.2) is 29.9 Å². The number of carbonyl (C=O) groups is 1. The van der Waals surface area contributed by atoms with Crippen molar-refractivity contribution in [2.45, 2.75) is 24.8 Å². The first-order chi connectivity index (χ1) is 7.75. The zero-order chi connectivity index (χ0) is 11.1. The van der Waals surface area contributed by atoms with E-state index in [1.54, 1.807) is 0 Å². The molecule has 1 aromatic carbocycles. The molecule has 4 heteroatoms. The fourth-order valence-corrected chi connectivity index (χ4v) is 2.69. The maximum Gasteiger partial charge on any atom is 0.230 e. The Morgan fingerprint density at radius 3 is 2.76 bits per heavy atom. The van der Waals surface area contributed by atoms with Gasteiger partial charge in [0.05, 0.1) is 5.92 Å². The van der Waals surface area contributed by atoms with Gasteiger partial charge >= 0.3 is 0 Å². The highest BCUT2D eigenvalue weighted by atomic mass is 35.5. The van der Waals surface area contributed by atoms with E-state index >= 15 is 0 Å². The van der Waals surface area contributed by atoms with Crippen LogP contribution in [0.3, 0.4) is 0 Å². The number of carbonyl (C=O) groups excluding carboxylic acids is 1. The second-order valence-corrected chi connectivity index (χ2v) is 4.79. The van der Waals surface area contributed by atoms with Crippen molar-refractivity contribution in [1.29, 1.82) is 0 Å². The van der Waals surface area contributed by atoms with Crippen LogP contribution in [-0.2, 0) is 11.2 Å². The van der Waals surface area contributed by atoms with Crippen molar-refractivity contribution in [2.75, 3.05) is 13.1 Å². The summed E-state index contributed by atoms with van der Waals surface area (Å²) in [5, 5.41) is 0. The van der Waals surface area contributed by atoms with E-state index in [9.17, 15) is 4.79 Å². The lowest BCUT2D eigenvalue weighted by atomic mass is 9.77. The number of nitrogens with zero attached hydrogens (tertiary/aromatic N) is 1. The number of halogens is 1. The minimum Gasteiger partial charge on any atom is -0.341 e. The highest BCUT2D eigenvalue weighted by molar-refractivity contribution is 5.87. The van der Waals surface area contributed by atoms with Gasteiger partial charge in [0.1, 0.15) is 0 Å². The smallest absolute Gasteiger partial charge is 0.230 e. The van der Waals surface area contributed by atoms with Crippen molar-refractivity contribution in [1.82, 2.24) is 4.90 Å². The molecule has 0 bridgehead atoms. The molecule has 17 heavy (non-hydrogen) atoms. The first-order valence-corrected chi connectivity index (χ1v) is 5.88. The summed E-state index contributed by atoms with van der Waals surface area (Å²) < 4.78 is 0. The molecule has 1 aliphatic carbocycles. The Bertz CT molecular complexity index is 435. The summed E-state index contributed by atoms with van der Waals surface area (Å²) in [7, 11) is 0. The van der Waals surface area contributed by atoms with Crippen LogP contribution in [0.4, 0.5) is 0 Å². The van der Waals surface area contributed by atoms with Gasteiger partial charge in [-0.05, 0) is 24.0 Å². The molecule has 2 atom stereocenters. The Morgan fingerprint density at radius 1 is 1.35 bits per heavy atom. The largest absolute Gasteiger partial charge is 0.341 e. The Hall–Kier alpha value is -1.06. The van der Waals surface area contributed by atoms with Crippen molar-refractivity contribution < 1.29 is 4.79 Å². The van der Waals surface area contributed by atoms with Crippen LogP contribution in [0.5, 0.6) is 0 Å². The van der Waals surface area contributed by atoms with Gasteiger partial charge < -0.3 is 10.6 Å². The van der Waals surface area contributed by atoms with Crippen LogP contribution < -0.4 is 5.73 Å². The van der Waals surface area contributed by atoms with Crippen LogP contribution in [0, 0.1) is 0 Å². The van der Waals surface area contributed by atoms with Crippen molar-refractivity contribution in [3.8, 4) is 0 Å². The van der Waals surface area contributed by atoms with Crippen LogP contribution in [0.25, 0.3) is 0 Å². The SMILES string of the molecule is Cl.N[C@@H]1CCN(C(=O)C2Cc3ccccc32)C1. The Kier molecular flexibility index (Phi) is 3.40. The minimum atomic E-state index is 0.